The van der Waals surface area contributed by atoms with E-state index in [2.05, 4.69) is 15.4 Å². The van der Waals surface area contributed by atoms with Crippen LogP contribution in [-0.2, 0) is 13.2 Å². The number of nitrogen functional groups attached to an aromatic ring is 1. The molecule has 0 atom stereocenters. The van der Waals surface area contributed by atoms with Crippen LogP contribution in [0.3, 0.4) is 0 Å². The number of aromatic nitrogens is 3. The van der Waals surface area contributed by atoms with Crippen molar-refractivity contribution in [3.05, 3.63) is 53.9 Å². The Morgan fingerprint density at radius 1 is 1.21 bits per heavy atom. The summed E-state index contributed by atoms with van der Waals surface area (Å²) in [6, 6.07) is 10.4. The summed E-state index contributed by atoms with van der Waals surface area (Å²) in [7, 11) is 2.87. The second-order valence-corrected chi connectivity index (χ2v) is 5.85. The van der Waals surface area contributed by atoms with Gasteiger partial charge in [-0.15, -0.1) is 0 Å². The Hall–Kier alpha value is -3.56. The van der Waals surface area contributed by atoms with Crippen LogP contribution in [0.1, 0.15) is 16.2 Å². The summed E-state index contributed by atoms with van der Waals surface area (Å²) >= 11 is 0. The lowest BCUT2D eigenvalue weighted by Crippen LogP contribution is -2.15. The van der Waals surface area contributed by atoms with E-state index in [1.54, 1.807) is 24.3 Å². The number of nitrogens with one attached hydrogen (secondary N) is 1. The Bertz CT molecular complexity index is 1030. The van der Waals surface area contributed by atoms with Gasteiger partial charge in [0.2, 0.25) is 0 Å². The molecule has 1 amide bonds. The van der Waals surface area contributed by atoms with Crippen LogP contribution >= 0.6 is 0 Å². The van der Waals surface area contributed by atoms with Crippen LogP contribution in [0.25, 0.3) is 11.3 Å². The van der Waals surface area contributed by atoms with Crippen molar-refractivity contribution in [1.29, 1.82) is 0 Å². The molecule has 3 rings (SSSR count). The SMILES string of the molecule is COc1cccc(NC(=O)c2ccc(-c3cc(C(F)(F)F)nn3C)c(N)n2)c1. The first kappa shape index (κ1) is 19.2. The van der Waals surface area contributed by atoms with Crippen molar-refractivity contribution in [2.75, 3.05) is 18.2 Å². The maximum atomic E-state index is 12.8. The number of rotatable bonds is 4. The quantitative estimate of drug-likeness (QED) is 0.711. The van der Waals surface area contributed by atoms with Crippen molar-refractivity contribution < 1.29 is 22.7 Å². The number of benzene rings is 1. The van der Waals surface area contributed by atoms with Crippen LogP contribution < -0.4 is 15.8 Å². The fraction of sp³-hybridized carbons (Fsp3) is 0.167. The van der Waals surface area contributed by atoms with Gasteiger partial charge in [0.05, 0.1) is 12.8 Å². The number of amides is 1. The van der Waals surface area contributed by atoms with E-state index >= 15 is 0 Å². The van der Waals surface area contributed by atoms with Crippen LogP contribution in [-0.4, -0.2) is 27.8 Å². The number of pyridine rings is 1. The summed E-state index contributed by atoms with van der Waals surface area (Å²) in [5, 5.41) is 6.10. The number of methoxy groups -OCH3 is 1. The normalized spacial score (nSPS) is 11.3. The first-order chi connectivity index (χ1) is 13.2. The number of ether oxygens (including phenoxy) is 1. The molecule has 146 valence electrons. The molecule has 0 fully saturated rings. The van der Waals surface area contributed by atoms with E-state index in [4.69, 9.17) is 10.5 Å². The Kier molecular flexibility index (Phi) is 4.95. The van der Waals surface area contributed by atoms with Crippen molar-refractivity contribution in [3.8, 4) is 17.0 Å². The molecule has 0 saturated heterocycles. The zero-order chi connectivity index (χ0) is 20.5. The van der Waals surface area contributed by atoms with E-state index in [9.17, 15) is 18.0 Å². The van der Waals surface area contributed by atoms with Gasteiger partial charge in [0.25, 0.3) is 5.91 Å². The topological polar surface area (TPSA) is 95.1 Å². The van der Waals surface area contributed by atoms with Crippen molar-refractivity contribution in [2.24, 2.45) is 7.05 Å². The largest absolute Gasteiger partial charge is 0.497 e. The average Bonchev–Trinajstić information content (AvgIpc) is 3.03. The Labute approximate surface area is 157 Å². The Morgan fingerprint density at radius 3 is 2.57 bits per heavy atom. The highest BCUT2D eigenvalue weighted by molar-refractivity contribution is 6.03. The Balaban J connectivity index is 1.86. The zero-order valence-electron chi connectivity index (χ0n) is 14.9. The molecule has 28 heavy (non-hydrogen) atoms. The predicted octanol–water partition coefficient (Wildman–Crippen LogP) is 3.34. The third-order valence-electron chi connectivity index (χ3n) is 3.93. The molecule has 0 unspecified atom stereocenters. The average molecular weight is 391 g/mol. The number of alkyl halides is 3. The van der Waals surface area contributed by atoms with Gasteiger partial charge >= 0.3 is 6.18 Å². The lowest BCUT2D eigenvalue weighted by atomic mass is 10.1. The molecule has 0 saturated carbocycles. The third kappa shape index (κ3) is 3.90. The minimum atomic E-state index is -4.57. The molecule has 0 bridgehead atoms. The number of anilines is 2. The maximum Gasteiger partial charge on any atom is 0.435 e. The molecule has 3 aromatic rings. The number of nitrogens with zero attached hydrogens (tertiary/aromatic N) is 3. The van der Waals surface area contributed by atoms with Crippen molar-refractivity contribution >= 4 is 17.4 Å². The molecule has 7 nitrogen and oxygen atoms in total. The van der Waals surface area contributed by atoms with E-state index in [1.807, 2.05) is 0 Å². The molecule has 2 aromatic heterocycles. The van der Waals surface area contributed by atoms with Gasteiger partial charge in [0, 0.05) is 24.4 Å². The van der Waals surface area contributed by atoms with Gasteiger partial charge in [0.15, 0.2) is 5.69 Å². The zero-order valence-corrected chi connectivity index (χ0v) is 14.9. The summed E-state index contributed by atoms with van der Waals surface area (Å²) in [6.45, 7) is 0. The number of carbonyl (C=O) groups is 1. The summed E-state index contributed by atoms with van der Waals surface area (Å²) in [4.78, 5) is 16.4. The number of hydrogen-bond donors (Lipinski definition) is 2. The summed E-state index contributed by atoms with van der Waals surface area (Å²) in [6.07, 6.45) is -4.57. The fourth-order valence-corrected chi connectivity index (χ4v) is 2.57. The lowest BCUT2D eigenvalue weighted by molar-refractivity contribution is -0.141. The second-order valence-electron chi connectivity index (χ2n) is 5.85. The van der Waals surface area contributed by atoms with E-state index in [0.717, 1.165) is 10.7 Å². The molecular weight excluding hydrogens is 375 g/mol. The number of nitrogens with two attached hydrogens (primary N) is 1. The van der Waals surface area contributed by atoms with Crippen LogP contribution in [0.5, 0.6) is 5.75 Å². The molecule has 2 heterocycles. The van der Waals surface area contributed by atoms with Gasteiger partial charge < -0.3 is 15.8 Å². The first-order valence-electron chi connectivity index (χ1n) is 8.02. The molecule has 0 spiro atoms. The minimum absolute atomic E-state index is 0.0160. The van der Waals surface area contributed by atoms with Gasteiger partial charge in [-0.1, -0.05) is 6.07 Å². The maximum absolute atomic E-state index is 12.8. The van der Waals surface area contributed by atoms with Gasteiger partial charge in [0.1, 0.15) is 17.3 Å². The number of aryl methyl sites for hydroxylation is 1. The fourth-order valence-electron chi connectivity index (χ4n) is 2.57. The summed E-state index contributed by atoms with van der Waals surface area (Å²) in [5.74, 6) is -0.0418. The Morgan fingerprint density at radius 2 is 1.96 bits per heavy atom. The molecule has 0 aliphatic heterocycles. The van der Waals surface area contributed by atoms with Gasteiger partial charge in [-0.05, 0) is 30.3 Å². The first-order valence-corrected chi connectivity index (χ1v) is 8.02. The van der Waals surface area contributed by atoms with Crippen LogP contribution in [0.2, 0.25) is 0 Å². The van der Waals surface area contributed by atoms with E-state index < -0.39 is 17.8 Å². The van der Waals surface area contributed by atoms with Gasteiger partial charge in [-0.3, -0.25) is 9.48 Å². The number of hydrogen-bond acceptors (Lipinski definition) is 5. The molecule has 0 aliphatic rings. The highest BCUT2D eigenvalue weighted by Gasteiger charge is 2.35. The standard InChI is InChI=1S/C18H16F3N5O2/c1-26-14(9-15(25-26)18(19,20)21)12-6-7-13(24-16(12)22)17(27)23-10-4-3-5-11(8-10)28-2/h3-9H,1-2H3,(H2,22,24)(H,23,27). The lowest BCUT2D eigenvalue weighted by Gasteiger charge is -2.09. The van der Waals surface area contributed by atoms with Crippen molar-refractivity contribution in [2.45, 2.75) is 6.18 Å². The summed E-state index contributed by atoms with van der Waals surface area (Å²) < 4.78 is 44.7. The van der Waals surface area contributed by atoms with E-state index in [0.29, 0.717) is 11.4 Å². The summed E-state index contributed by atoms with van der Waals surface area (Å²) in [5.41, 5.74) is 5.73. The van der Waals surface area contributed by atoms with E-state index in [1.165, 1.54) is 26.3 Å². The molecule has 10 heteroatoms. The van der Waals surface area contributed by atoms with Crippen molar-refractivity contribution in [1.82, 2.24) is 14.8 Å². The predicted molar refractivity (Wildman–Crippen MR) is 96.8 cm³/mol. The molecular formula is C18H16F3N5O2. The highest BCUT2D eigenvalue weighted by atomic mass is 19.4. The molecule has 0 radical (unpaired) electrons. The van der Waals surface area contributed by atoms with Crippen LogP contribution in [0.15, 0.2) is 42.5 Å². The third-order valence-corrected chi connectivity index (χ3v) is 3.93. The minimum Gasteiger partial charge on any atom is -0.497 e. The van der Waals surface area contributed by atoms with Gasteiger partial charge in [-0.2, -0.15) is 18.3 Å². The number of carbonyl (C=O) groups excluding carboxylic acids is 1. The van der Waals surface area contributed by atoms with Crippen LogP contribution in [0, 0.1) is 0 Å². The molecule has 1 aromatic carbocycles. The smallest absolute Gasteiger partial charge is 0.435 e. The highest BCUT2D eigenvalue weighted by Crippen LogP contribution is 2.33. The van der Waals surface area contributed by atoms with Crippen LogP contribution in [0.4, 0.5) is 24.7 Å². The van der Waals surface area contributed by atoms with E-state index in [-0.39, 0.29) is 22.8 Å². The van der Waals surface area contributed by atoms with Gasteiger partial charge in [-0.25, -0.2) is 4.98 Å². The number of halogens is 3. The molecule has 3 N–H and O–H groups in total. The molecule has 0 aliphatic carbocycles. The second kappa shape index (κ2) is 7.22. The van der Waals surface area contributed by atoms with Crippen molar-refractivity contribution in [3.63, 3.8) is 0 Å². The monoisotopic (exact) mass is 391 g/mol.